The minimum Gasteiger partial charge on any atom is -0.466 e. The Morgan fingerprint density at radius 2 is 1.73 bits per heavy atom. The maximum atomic E-state index is 14.3. The van der Waals surface area contributed by atoms with E-state index < -0.39 is 11.9 Å². The fourth-order valence-corrected chi connectivity index (χ4v) is 5.41. The van der Waals surface area contributed by atoms with Crippen LogP contribution in [-0.4, -0.2) is 30.7 Å². The molecule has 5 nitrogen and oxygen atoms in total. The summed E-state index contributed by atoms with van der Waals surface area (Å²) in [5.74, 6) is -0.861. The molecule has 1 aliphatic heterocycles. The Kier molecular flexibility index (Phi) is 5.52. The number of carbonyl (C=O) groups is 2. The van der Waals surface area contributed by atoms with Gasteiger partial charge in [0.05, 0.1) is 37.6 Å². The second kappa shape index (κ2) is 8.50. The van der Waals surface area contributed by atoms with Crippen molar-refractivity contribution in [1.29, 1.82) is 0 Å². The minimum atomic E-state index is -0.455. The van der Waals surface area contributed by atoms with Gasteiger partial charge in [0.2, 0.25) is 0 Å². The summed E-state index contributed by atoms with van der Waals surface area (Å²) < 4.78 is 26.3. The molecule has 1 aliphatic carbocycles. The number of ether oxygens (including phenoxy) is 2. The summed E-state index contributed by atoms with van der Waals surface area (Å²) in [7, 11) is 2.71. The molecule has 0 bridgehead atoms. The van der Waals surface area contributed by atoms with Crippen molar-refractivity contribution in [2.24, 2.45) is 0 Å². The Hall–Kier alpha value is -3.41. The predicted octanol–water partition coefficient (Wildman–Crippen LogP) is 5.85. The molecule has 6 heteroatoms. The topological polar surface area (TPSA) is 57.5 Å². The number of aromatic nitrogens is 1. The van der Waals surface area contributed by atoms with Gasteiger partial charge in [-0.05, 0) is 66.3 Å². The molecule has 1 fully saturated rings. The van der Waals surface area contributed by atoms with Crippen LogP contribution in [0.2, 0.25) is 0 Å². The zero-order chi connectivity index (χ0) is 23.1. The highest BCUT2D eigenvalue weighted by Gasteiger charge is 2.30. The highest BCUT2D eigenvalue weighted by molar-refractivity contribution is 6.02. The van der Waals surface area contributed by atoms with Crippen molar-refractivity contribution >= 4 is 28.9 Å². The maximum Gasteiger partial charge on any atom is 0.337 e. The van der Waals surface area contributed by atoms with Crippen LogP contribution >= 0.6 is 0 Å². The third-order valence-corrected chi connectivity index (χ3v) is 6.91. The lowest BCUT2D eigenvalue weighted by molar-refractivity contribution is -0.136. The van der Waals surface area contributed by atoms with E-state index in [9.17, 15) is 14.0 Å². The van der Waals surface area contributed by atoms with Gasteiger partial charge in [-0.1, -0.05) is 25.3 Å². The van der Waals surface area contributed by atoms with E-state index >= 15 is 0 Å². The second-order valence-corrected chi connectivity index (χ2v) is 8.80. The molecule has 1 aromatic heterocycles. The number of halogens is 1. The molecule has 33 heavy (non-hydrogen) atoms. The molecule has 0 amide bonds. The quantitative estimate of drug-likeness (QED) is 0.473. The van der Waals surface area contributed by atoms with Crippen molar-refractivity contribution in [1.82, 2.24) is 4.57 Å². The number of hydrogen-bond acceptors (Lipinski definition) is 4. The number of esters is 2. The van der Waals surface area contributed by atoms with Crippen LogP contribution in [0.15, 0.2) is 42.0 Å². The van der Waals surface area contributed by atoms with Gasteiger partial charge in [0.1, 0.15) is 5.82 Å². The van der Waals surface area contributed by atoms with Gasteiger partial charge in [0.25, 0.3) is 0 Å². The van der Waals surface area contributed by atoms with Crippen LogP contribution in [0.5, 0.6) is 0 Å². The van der Waals surface area contributed by atoms with Crippen molar-refractivity contribution < 1.29 is 23.5 Å². The average Bonchev–Trinajstić information content (AvgIpc) is 3.06. The van der Waals surface area contributed by atoms with Gasteiger partial charge in [-0.15, -0.1) is 0 Å². The SMILES string of the molecule is COC(=O)C1=Cc2cc(F)ccc2-c2c(C3CCCCC3)c3ccc(C(=O)OC)cc3n2C1. The van der Waals surface area contributed by atoms with Gasteiger partial charge < -0.3 is 14.0 Å². The Morgan fingerprint density at radius 3 is 2.45 bits per heavy atom. The average molecular weight is 448 g/mol. The van der Waals surface area contributed by atoms with Crippen LogP contribution in [0.25, 0.3) is 28.2 Å². The molecule has 2 aromatic carbocycles. The first-order valence-corrected chi connectivity index (χ1v) is 11.3. The third-order valence-electron chi connectivity index (χ3n) is 6.91. The highest BCUT2D eigenvalue weighted by Crippen LogP contribution is 2.46. The minimum absolute atomic E-state index is 0.270. The summed E-state index contributed by atoms with van der Waals surface area (Å²) in [6.07, 6.45) is 7.44. The fraction of sp³-hybridized carbons (Fsp3) is 0.333. The second-order valence-electron chi connectivity index (χ2n) is 8.80. The van der Waals surface area contributed by atoms with E-state index in [4.69, 9.17) is 9.47 Å². The molecule has 3 aromatic rings. The van der Waals surface area contributed by atoms with Gasteiger partial charge in [0, 0.05) is 16.5 Å². The highest BCUT2D eigenvalue weighted by atomic mass is 19.1. The molecular formula is C27H26FNO4. The first-order valence-electron chi connectivity index (χ1n) is 11.3. The lowest BCUT2D eigenvalue weighted by atomic mass is 9.81. The molecule has 0 saturated heterocycles. The molecule has 1 saturated carbocycles. The standard InChI is InChI=1S/C27H26FNO4/c1-32-26(30)17-8-10-22-23(14-17)29-15-19(27(31)33-2)12-18-13-20(28)9-11-21(18)25(29)24(22)16-6-4-3-5-7-16/h8-14,16H,3-7,15H2,1-2H3. The number of rotatable bonds is 3. The Bertz CT molecular complexity index is 1300. The smallest absolute Gasteiger partial charge is 0.337 e. The molecule has 0 unspecified atom stereocenters. The van der Waals surface area contributed by atoms with Crippen molar-refractivity contribution in [3.63, 3.8) is 0 Å². The summed E-state index contributed by atoms with van der Waals surface area (Å²) in [5, 5.41) is 1.06. The van der Waals surface area contributed by atoms with Gasteiger partial charge >= 0.3 is 11.9 Å². The summed E-state index contributed by atoms with van der Waals surface area (Å²) in [5.41, 5.74) is 5.48. The summed E-state index contributed by atoms with van der Waals surface area (Å²) in [6, 6.07) is 10.3. The predicted molar refractivity (Wildman–Crippen MR) is 124 cm³/mol. The Labute approximate surface area is 191 Å². The molecule has 2 heterocycles. The van der Waals surface area contributed by atoms with Crippen molar-refractivity contribution in [3.8, 4) is 11.3 Å². The fourth-order valence-electron chi connectivity index (χ4n) is 5.41. The molecule has 0 spiro atoms. The van der Waals surface area contributed by atoms with Crippen LogP contribution in [-0.2, 0) is 20.8 Å². The van der Waals surface area contributed by atoms with Crippen LogP contribution in [0.3, 0.4) is 0 Å². The number of methoxy groups -OCH3 is 2. The normalized spacial score (nSPS) is 15.9. The number of benzene rings is 2. The lowest BCUT2D eigenvalue weighted by Gasteiger charge is -2.24. The zero-order valence-electron chi connectivity index (χ0n) is 18.8. The molecule has 0 radical (unpaired) electrons. The molecule has 0 N–H and O–H groups in total. The number of fused-ring (bicyclic) bond motifs is 5. The first kappa shape index (κ1) is 21.4. The van der Waals surface area contributed by atoms with E-state index in [-0.39, 0.29) is 12.4 Å². The van der Waals surface area contributed by atoms with Crippen molar-refractivity contribution in [3.05, 3.63) is 64.5 Å². The number of hydrogen-bond donors (Lipinski definition) is 0. The van der Waals surface area contributed by atoms with E-state index in [1.807, 2.05) is 12.1 Å². The van der Waals surface area contributed by atoms with Gasteiger partial charge in [-0.25, -0.2) is 14.0 Å². The number of carbonyl (C=O) groups excluding carboxylic acids is 2. The monoisotopic (exact) mass is 447 g/mol. The zero-order valence-corrected chi connectivity index (χ0v) is 18.8. The first-order chi connectivity index (χ1) is 16.0. The van der Waals surface area contributed by atoms with E-state index in [1.165, 1.54) is 51.2 Å². The van der Waals surface area contributed by atoms with E-state index in [0.29, 0.717) is 22.6 Å². The Morgan fingerprint density at radius 1 is 0.970 bits per heavy atom. The third kappa shape index (κ3) is 3.63. The summed E-state index contributed by atoms with van der Waals surface area (Å²) in [4.78, 5) is 24.9. The van der Waals surface area contributed by atoms with E-state index in [0.717, 1.165) is 35.0 Å². The van der Waals surface area contributed by atoms with Crippen LogP contribution in [0.1, 0.15) is 59.5 Å². The lowest BCUT2D eigenvalue weighted by Crippen LogP contribution is -2.12. The van der Waals surface area contributed by atoms with E-state index in [1.54, 1.807) is 18.2 Å². The van der Waals surface area contributed by atoms with Crippen molar-refractivity contribution in [2.45, 2.75) is 44.6 Å². The van der Waals surface area contributed by atoms with E-state index in [2.05, 4.69) is 4.57 Å². The van der Waals surface area contributed by atoms with Crippen LogP contribution in [0.4, 0.5) is 4.39 Å². The molecular weight excluding hydrogens is 421 g/mol. The van der Waals surface area contributed by atoms with Crippen molar-refractivity contribution in [2.75, 3.05) is 14.2 Å². The summed E-state index contributed by atoms with van der Waals surface area (Å²) >= 11 is 0. The van der Waals surface area contributed by atoms with Gasteiger partial charge in [-0.3, -0.25) is 0 Å². The maximum absolute atomic E-state index is 14.3. The summed E-state index contributed by atoms with van der Waals surface area (Å²) in [6.45, 7) is 0.270. The van der Waals surface area contributed by atoms with Crippen LogP contribution in [0, 0.1) is 5.82 Å². The van der Waals surface area contributed by atoms with Gasteiger partial charge in [-0.2, -0.15) is 0 Å². The Balaban J connectivity index is 1.85. The van der Waals surface area contributed by atoms with Crippen LogP contribution < -0.4 is 0 Å². The molecule has 5 rings (SSSR count). The largest absolute Gasteiger partial charge is 0.466 e. The number of nitrogens with zero attached hydrogens (tertiary/aromatic N) is 1. The molecule has 170 valence electrons. The van der Waals surface area contributed by atoms with Gasteiger partial charge in [0.15, 0.2) is 0 Å². The molecule has 2 aliphatic rings. The molecule has 0 atom stereocenters.